The second kappa shape index (κ2) is 8.33. The molecule has 1 aliphatic heterocycles. The summed E-state index contributed by atoms with van der Waals surface area (Å²) in [5.41, 5.74) is 3.73. The van der Waals surface area contributed by atoms with Gasteiger partial charge >= 0.3 is 0 Å². The van der Waals surface area contributed by atoms with Crippen LogP contribution in [-0.4, -0.2) is 45.8 Å². The fourth-order valence-electron chi connectivity index (χ4n) is 4.09. The lowest BCUT2D eigenvalue weighted by molar-refractivity contribution is 0.0963. The van der Waals surface area contributed by atoms with Crippen molar-refractivity contribution in [3.8, 4) is 17.2 Å². The van der Waals surface area contributed by atoms with Gasteiger partial charge in [-0.15, -0.1) is 10.2 Å². The maximum Gasteiger partial charge on any atom is 0.252 e. The van der Waals surface area contributed by atoms with Crippen molar-refractivity contribution in [3.63, 3.8) is 0 Å². The topological polar surface area (TPSA) is 99.7 Å². The molecule has 0 radical (unpaired) electrons. The Labute approximate surface area is 175 Å². The molecule has 1 fully saturated rings. The number of amides is 1. The Morgan fingerprint density at radius 1 is 1.27 bits per heavy atom. The number of rotatable bonds is 4. The van der Waals surface area contributed by atoms with Crippen molar-refractivity contribution in [2.75, 3.05) is 25.0 Å². The third-order valence-corrected chi connectivity index (χ3v) is 5.62. The molecule has 0 atom stereocenters. The van der Waals surface area contributed by atoms with E-state index < -0.39 is 0 Å². The molecule has 1 amide bonds. The first-order valence-corrected chi connectivity index (χ1v) is 9.91. The number of aromatic nitrogens is 4. The third kappa shape index (κ3) is 3.62. The number of para-hydroxylation sites is 1. The Hall–Kier alpha value is -3.73. The van der Waals surface area contributed by atoms with Crippen LogP contribution < -0.4 is 10.2 Å². The predicted molar refractivity (Wildman–Crippen MR) is 113 cm³/mol. The largest absolute Gasteiger partial charge is 0.370 e. The van der Waals surface area contributed by atoms with Crippen LogP contribution in [0.1, 0.15) is 40.5 Å². The molecule has 152 valence electrons. The number of nitriles is 1. The molecule has 0 spiro atoms. The van der Waals surface area contributed by atoms with Gasteiger partial charge in [0.2, 0.25) is 0 Å². The molecule has 1 aliphatic rings. The highest BCUT2D eigenvalue weighted by atomic mass is 16.1. The lowest BCUT2D eigenvalue weighted by Crippen LogP contribution is -2.34. The van der Waals surface area contributed by atoms with E-state index in [0.29, 0.717) is 17.0 Å². The number of nitrogens with one attached hydrogen (secondary N) is 1. The summed E-state index contributed by atoms with van der Waals surface area (Å²) in [4.78, 5) is 18.6. The van der Waals surface area contributed by atoms with Crippen LogP contribution in [0.15, 0.2) is 43.0 Å². The summed E-state index contributed by atoms with van der Waals surface area (Å²) >= 11 is 0. The Balaban J connectivity index is 1.67. The average Bonchev–Trinajstić information content (AvgIpc) is 3.24. The van der Waals surface area contributed by atoms with Crippen LogP contribution in [0.2, 0.25) is 0 Å². The minimum Gasteiger partial charge on any atom is -0.370 e. The fraction of sp³-hybridized carbons (Fsp3) is 0.318. The van der Waals surface area contributed by atoms with Crippen LogP contribution in [0.4, 0.5) is 5.69 Å². The van der Waals surface area contributed by atoms with Crippen molar-refractivity contribution in [2.24, 2.45) is 7.05 Å². The molecule has 4 rings (SSSR count). The smallest absolute Gasteiger partial charge is 0.252 e. The van der Waals surface area contributed by atoms with E-state index in [9.17, 15) is 10.1 Å². The predicted octanol–water partition coefficient (Wildman–Crippen LogP) is 2.49. The van der Waals surface area contributed by atoms with Gasteiger partial charge in [-0.3, -0.25) is 9.78 Å². The van der Waals surface area contributed by atoms with Gasteiger partial charge in [0.25, 0.3) is 5.91 Å². The van der Waals surface area contributed by atoms with Gasteiger partial charge in [-0.05, 0) is 25.0 Å². The molecule has 30 heavy (non-hydrogen) atoms. The van der Waals surface area contributed by atoms with E-state index in [0.717, 1.165) is 48.6 Å². The van der Waals surface area contributed by atoms with E-state index in [4.69, 9.17) is 0 Å². The zero-order valence-electron chi connectivity index (χ0n) is 17.0. The molecule has 0 saturated carbocycles. The maximum atomic E-state index is 12.1. The number of benzene rings is 1. The lowest BCUT2D eigenvalue weighted by Gasteiger charge is -2.35. The monoisotopic (exact) mass is 401 g/mol. The van der Waals surface area contributed by atoms with E-state index >= 15 is 0 Å². The lowest BCUT2D eigenvalue weighted by atomic mass is 9.93. The highest BCUT2D eigenvalue weighted by Gasteiger charge is 2.27. The molecule has 0 unspecified atom stereocenters. The molecule has 1 N–H and O–H groups in total. The minimum absolute atomic E-state index is 0.188. The van der Waals surface area contributed by atoms with Crippen molar-refractivity contribution >= 4 is 11.6 Å². The number of aryl methyl sites for hydroxylation is 1. The van der Waals surface area contributed by atoms with Crippen LogP contribution in [0.5, 0.6) is 0 Å². The Kier molecular flexibility index (Phi) is 5.44. The first kappa shape index (κ1) is 19.6. The van der Waals surface area contributed by atoms with E-state index in [1.54, 1.807) is 25.8 Å². The van der Waals surface area contributed by atoms with Gasteiger partial charge in [0.1, 0.15) is 18.2 Å². The van der Waals surface area contributed by atoms with Crippen molar-refractivity contribution in [3.05, 3.63) is 59.9 Å². The summed E-state index contributed by atoms with van der Waals surface area (Å²) < 4.78 is 1.98. The molecule has 3 heterocycles. The first-order valence-electron chi connectivity index (χ1n) is 9.91. The van der Waals surface area contributed by atoms with Gasteiger partial charge in [0.05, 0.1) is 16.8 Å². The highest BCUT2D eigenvalue weighted by Crippen LogP contribution is 2.37. The van der Waals surface area contributed by atoms with Crippen molar-refractivity contribution in [1.29, 1.82) is 5.26 Å². The molecule has 2 aromatic heterocycles. The molecule has 8 nitrogen and oxygen atoms in total. The number of hydrogen-bond acceptors (Lipinski definition) is 6. The number of carbonyl (C=O) groups excluding carboxylic acids is 1. The normalized spacial score (nSPS) is 14.4. The summed E-state index contributed by atoms with van der Waals surface area (Å²) in [6.45, 7) is 1.62. The summed E-state index contributed by atoms with van der Waals surface area (Å²) in [6, 6.07) is 9.84. The molecule has 0 aliphatic carbocycles. The number of carbonyl (C=O) groups is 1. The molecule has 8 heteroatoms. The van der Waals surface area contributed by atoms with Gasteiger partial charge in [-0.2, -0.15) is 5.26 Å². The van der Waals surface area contributed by atoms with Gasteiger partial charge in [0.15, 0.2) is 0 Å². The number of nitrogens with zero attached hydrogens (tertiary/aromatic N) is 6. The van der Waals surface area contributed by atoms with Crippen molar-refractivity contribution in [2.45, 2.75) is 18.8 Å². The van der Waals surface area contributed by atoms with Crippen LogP contribution in [-0.2, 0) is 7.05 Å². The Morgan fingerprint density at radius 2 is 2.07 bits per heavy atom. The van der Waals surface area contributed by atoms with Crippen molar-refractivity contribution < 1.29 is 4.79 Å². The Bertz CT molecular complexity index is 1110. The van der Waals surface area contributed by atoms with Crippen molar-refractivity contribution in [1.82, 2.24) is 25.1 Å². The summed E-state index contributed by atoms with van der Waals surface area (Å²) in [7, 11) is 3.56. The van der Waals surface area contributed by atoms with Crippen LogP contribution in [0.3, 0.4) is 0 Å². The van der Waals surface area contributed by atoms with Gasteiger partial charge in [-0.1, -0.05) is 12.1 Å². The standard InChI is InChI=1S/C22H23N7O/c1-24-22(30)18-10-17(12-25-13-18)19-5-3-4-16(11-23)20(19)29-8-6-15(7-9-29)21-27-26-14-28(21)2/h3-5,10,12-15H,6-9H2,1-2H3,(H,24,30). The van der Waals surface area contributed by atoms with E-state index in [1.807, 2.05) is 35.9 Å². The quantitative estimate of drug-likeness (QED) is 0.721. The zero-order valence-corrected chi connectivity index (χ0v) is 17.0. The van der Waals surface area contributed by atoms with Gasteiger partial charge in [0, 0.05) is 56.6 Å². The summed E-state index contributed by atoms with van der Waals surface area (Å²) in [5, 5.41) is 20.7. The van der Waals surface area contributed by atoms with E-state index in [-0.39, 0.29) is 5.91 Å². The summed E-state index contributed by atoms with van der Waals surface area (Å²) in [6.07, 6.45) is 6.88. The minimum atomic E-state index is -0.188. The summed E-state index contributed by atoms with van der Waals surface area (Å²) in [5.74, 6) is 1.17. The van der Waals surface area contributed by atoms with E-state index in [1.165, 1.54) is 0 Å². The molecule has 1 saturated heterocycles. The molecule has 1 aromatic carbocycles. The van der Waals surface area contributed by atoms with E-state index in [2.05, 4.69) is 31.5 Å². The maximum absolute atomic E-state index is 12.1. The van der Waals surface area contributed by atoms with Crippen LogP contribution in [0, 0.1) is 11.3 Å². The molecule has 0 bridgehead atoms. The zero-order chi connectivity index (χ0) is 21.1. The van der Waals surface area contributed by atoms with Crippen LogP contribution in [0.25, 0.3) is 11.1 Å². The second-order valence-corrected chi connectivity index (χ2v) is 7.42. The molecular weight excluding hydrogens is 378 g/mol. The second-order valence-electron chi connectivity index (χ2n) is 7.42. The number of anilines is 1. The fourth-order valence-corrected chi connectivity index (χ4v) is 4.09. The average molecular weight is 401 g/mol. The number of piperidine rings is 1. The molecular formula is C22H23N7O. The Morgan fingerprint density at radius 3 is 2.73 bits per heavy atom. The van der Waals surface area contributed by atoms with Gasteiger partial charge < -0.3 is 14.8 Å². The van der Waals surface area contributed by atoms with Crippen LogP contribution >= 0.6 is 0 Å². The number of hydrogen-bond donors (Lipinski definition) is 1. The number of pyridine rings is 1. The first-order chi connectivity index (χ1) is 14.6. The third-order valence-electron chi connectivity index (χ3n) is 5.62. The highest BCUT2D eigenvalue weighted by molar-refractivity contribution is 5.95. The molecule has 3 aromatic rings. The SMILES string of the molecule is CNC(=O)c1cncc(-c2cccc(C#N)c2N2CCC(c3nncn3C)CC2)c1. The van der Waals surface area contributed by atoms with Gasteiger partial charge in [-0.25, -0.2) is 0 Å².